The van der Waals surface area contributed by atoms with E-state index in [-0.39, 0.29) is 0 Å². The molecule has 0 saturated heterocycles. The molecule has 3 nitrogen and oxygen atoms in total. The number of cyclic esters (lactones) is 1. The van der Waals surface area contributed by atoms with Gasteiger partial charge in [-0.05, 0) is 71.0 Å². The average molecular weight is 415 g/mol. The molecule has 114 valence electrons. The number of rotatable bonds is 3. The third-order valence-electron chi connectivity index (χ3n) is 3.27. The zero-order valence-corrected chi connectivity index (χ0v) is 14.7. The monoisotopic (exact) mass is 415 g/mol. The Labute approximate surface area is 148 Å². The minimum absolute atomic E-state index is 0.322. The molecule has 0 amide bonds. The lowest BCUT2D eigenvalue weighted by molar-refractivity contribution is -0.130. The van der Waals surface area contributed by atoms with Gasteiger partial charge in [-0.25, -0.2) is 9.79 Å². The van der Waals surface area contributed by atoms with E-state index < -0.39 is 5.97 Å². The van der Waals surface area contributed by atoms with Crippen LogP contribution in [0.25, 0.3) is 6.08 Å². The van der Waals surface area contributed by atoms with Crippen molar-refractivity contribution in [1.29, 1.82) is 0 Å². The minimum Gasteiger partial charge on any atom is -0.402 e. The fourth-order valence-electron chi connectivity index (χ4n) is 2.19. The third-order valence-corrected chi connectivity index (χ3v) is 3.99. The Bertz CT molecular complexity index is 818. The molecule has 0 aromatic heterocycles. The highest BCUT2D eigenvalue weighted by atomic mass is 127. The van der Waals surface area contributed by atoms with Crippen molar-refractivity contribution in [3.05, 3.63) is 86.6 Å². The molecule has 1 aliphatic heterocycles. The van der Waals surface area contributed by atoms with E-state index in [1.54, 1.807) is 6.08 Å². The van der Waals surface area contributed by atoms with Gasteiger partial charge in [0.2, 0.25) is 5.90 Å². The van der Waals surface area contributed by atoms with Crippen LogP contribution in [0.1, 0.15) is 18.1 Å². The van der Waals surface area contributed by atoms with E-state index >= 15 is 0 Å². The molecule has 4 heteroatoms. The summed E-state index contributed by atoms with van der Waals surface area (Å²) in [6.07, 6.45) is 3.74. The van der Waals surface area contributed by atoms with Crippen molar-refractivity contribution in [3.63, 3.8) is 0 Å². The van der Waals surface area contributed by atoms with E-state index in [9.17, 15) is 4.79 Å². The molecule has 2 aromatic rings. The Morgan fingerprint density at radius 3 is 2.48 bits per heavy atom. The first-order valence-corrected chi connectivity index (χ1v) is 8.21. The zero-order valence-electron chi connectivity index (χ0n) is 12.5. The van der Waals surface area contributed by atoms with Crippen LogP contribution in [0, 0.1) is 3.57 Å². The van der Waals surface area contributed by atoms with Gasteiger partial charge in [-0.15, -0.1) is 0 Å². The second-order valence-corrected chi connectivity index (χ2v) is 6.39. The van der Waals surface area contributed by atoms with Gasteiger partial charge >= 0.3 is 5.97 Å². The summed E-state index contributed by atoms with van der Waals surface area (Å²) in [7, 11) is 0. The molecule has 0 atom stereocenters. The zero-order chi connectivity index (χ0) is 16.2. The van der Waals surface area contributed by atoms with Gasteiger partial charge in [0.25, 0.3) is 0 Å². The summed E-state index contributed by atoms with van der Waals surface area (Å²) in [5.74, 6) is -0.0653. The number of allylic oxidation sites excluding steroid dienone is 2. The highest BCUT2D eigenvalue weighted by Crippen LogP contribution is 2.19. The van der Waals surface area contributed by atoms with Crippen LogP contribution < -0.4 is 0 Å². The first-order valence-electron chi connectivity index (χ1n) is 7.14. The molecule has 1 aliphatic rings. The van der Waals surface area contributed by atoms with Gasteiger partial charge in [0.15, 0.2) is 5.70 Å². The Hall–Kier alpha value is -2.21. The van der Waals surface area contributed by atoms with Gasteiger partial charge in [0.05, 0.1) is 0 Å². The SMILES string of the molecule is CC(=C/c1ccccc1)/C=C1/N=C(c2ccc(I)cc2)OC1=O. The van der Waals surface area contributed by atoms with Crippen LogP contribution in [-0.4, -0.2) is 11.9 Å². The van der Waals surface area contributed by atoms with E-state index in [1.165, 1.54) is 0 Å². The number of hydrogen-bond acceptors (Lipinski definition) is 3. The van der Waals surface area contributed by atoms with Crippen molar-refractivity contribution in [2.75, 3.05) is 0 Å². The molecular weight excluding hydrogens is 401 g/mol. The molecule has 0 saturated carbocycles. The van der Waals surface area contributed by atoms with Gasteiger partial charge < -0.3 is 4.74 Å². The second-order valence-electron chi connectivity index (χ2n) is 5.14. The lowest BCUT2D eigenvalue weighted by atomic mass is 10.1. The maximum Gasteiger partial charge on any atom is 0.363 e. The number of carbonyl (C=O) groups is 1. The van der Waals surface area contributed by atoms with Gasteiger partial charge in [-0.3, -0.25) is 0 Å². The Morgan fingerprint density at radius 2 is 1.78 bits per heavy atom. The van der Waals surface area contributed by atoms with Gasteiger partial charge in [-0.2, -0.15) is 0 Å². The topological polar surface area (TPSA) is 38.7 Å². The normalized spacial score (nSPS) is 16.4. The number of ether oxygens (including phenoxy) is 1. The standard InChI is InChI=1S/C19H14INO2/c1-13(11-14-5-3-2-4-6-14)12-17-19(22)23-18(21-17)15-7-9-16(20)10-8-15/h2-12H,1H3/b13-11-,17-12+. The number of hydrogen-bond donors (Lipinski definition) is 0. The molecule has 0 unspecified atom stereocenters. The van der Waals surface area contributed by atoms with Crippen LogP contribution in [-0.2, 0) is 9.53 Å². The Morgan fingerprint density at radius 1 is 1.09 bits per heavy atom. The number of aliphatic imine (C=N–C) groups is 1. The molecule has 0 bridgehead atoms. The van der Waals surface area contributed by atoms with Crippen molar-refractivity contribution in [2.24, 2.45) is 4.99 Å². The van der Waals surface area contributed by atoms with Gasteiger partial charge in [-0.1, -0.05) is 36.4 Å². The molecule has 0 radical (unpaired) electrons. The van der Waals surface area contributed by atoms with E-state index in [0.29, 0.717) is 11.6 Å². The maximum atomic E-state index is 12.0. The van der Waals surface area contributed by atoms with Crippen molar-refractivity contribution >= 4 is 40.5 Å². The molecule has 0 N–H and O–H groups in total. The summed E-state index contributed by atoms with van der Waals surface area (Å²) in [6.45, 7) is 1.94. The quantitative estimate of drug-likeness (QED) is 0.418. The molecule has 1 heterocycles. The molecule has 0 fully saturated rings. The minimum atomic E-state index is -0.417. The second kappa shape index (κ2) is 6.91. The number of halogens is 1. The smallest absolute Gasteiger partial charge is 0.363 e. The molecular formula is C19H14INO2. The Kier molecular flexibility index (Phi) is 4.71. The summed E-state index contributed by atoms with van der Waals surface area (Å²) < 4.78 is 6.38. The van der Waals surface area contributed by atoms with Crippen LogP contribution in [0.5, 0.6) is 0 Å². The summed E-state index contributed by atoms with van der Waals surface area (Å²) in [5.41, 5.74) is 3.14. The highest BCUT2D eigenvalue weighted by Gasteiger charge is 2.23. The maximum absolute atomic E-state index is 12.0. The predicted octanol–water partition coefficient (Wildman–Crippen LogP) is 4.58. The summed E-state index contributed by atoms with van der Waals surface area (Å²) in [4.78, 5) is 16.3. The van der Waals surface area contributed by atoms with Gasteiger partial charge in [0, 0.05) is 9.13 Å². The van der Waals surface area contributed by atoms with Crippen LogP contribution in [0.4, 0.5) is 0 Å². The lowest BCUT2D eigenvalue weighted by Gasteiger charge is -1.98. The number of esters is 1. The number of benzene rings is 2. The molecule has 3 rings (SSSR count). The van der Waals surface area contributed by atoms with E-state index in [1.807, 2.05) is 67.6 Å². The summed E-state index contributed by atoms with van der Waals surface area (Å²) in [5, 5.41) is 0. The first-order chi connectivity index (χ1) is 11.1. The van der Waals surface area contributed by atoms with E-state index in [4.69, 9.17) is 4.74 Å². The number of nitrogens with zero attached hydrogens (tertiary/aromatic N) is 1. The lowest BCUT2D eigenvalue weighted by Crippen LogP contribution is -2.05. The van der Waals surface area contributed by atoms with Crippen molar-refractivity contribution < 1.29 is 9.53 Å². The summed E-state index contributed by atoms with van der Waals surface area (Å²) in [6, 6.07) is 17.6. The molecule has 0 aliphatic carbocycles. The fourth-order valence-corrected chi connectivity index (χ4v) is 2.55. The largest absolute Gasteiger partial charge is 0.402 e. The first kappa shape index (κ1) is 15.7. The number of carbonyl (C=O) groups excluding carboxylic acids is 1. The Balaban J connectivity index is 1.86. The molecule has 0 spiro atoms. The van der Waals surface area contributed by atoms with Crippen molar-refractivity contribution in [3.8, 4) is 0 Å². The fraction of sp³-hybridized carbons (Fsp3) is 0.0526. The summed E-state index contributed by atoms with van der Waals surface area (Å²) >= 11 is 2.23. The van der Waals surface area contributed by atoms with Crippen LogP contribution >= 0.6 is 22.6 Å². The predicted molar refractivity (Wildman–Crippen MR) is 100.0 cm³/mol. The van der Waals surface area contributed by atoms with Gasteiger partial charge in [0.1, 0.15) is 0 Å². The van der Waals surface area contributed by atoms with E-state index in [2.05, 4.69) is 27.6 Å². The van der Waals surface area contributed by atoms with Crippen molar-refractivity contribution in [1.82, 2.24) is 0 Å². The van der Waals surface area contributed by atoms with Crippen molar-refractivity contribution in [2.45, 2.75) is 6.92 Å². The van der Waals surface area contributed by atoms with Crippen LogP contribution in [0.3, 0.4) is 0 Å². The average Bonchev–Trinajstić information content (AvgIpc) is 2.90. The molecule has 23 heavy (non-hydrogen) atoms. The highest BCUT2D eigenvalue weighted by molar-refractivity contribution is 14.1. The van der Waals surface area contributed by atoms with Crippen LogP contribution in [0.2, 0.25) is 0 Å². The third kappa shape index (κ3) is 3.96. The van der Waals surface area contributed by atoms with Crippen LogP contribution in [0.15, 0.2) is 76.9 Å². The van der Waals surface area contributed by atoms with E-state index in [0.717, 1.165) is 20.3 Å². The molecule has 2 aromatic carbocycles.